The molecule has 0 aliphatic rings. The van der Waals surface area contributed by atoms with Crippen molar-refractivity contribution in [1.82, 2.24) is 9.88 Å². The number of carboxylic acid groups (broad SMARTS) is 1. The molecule has 0 saturated carbocycles. The molecule has 1 aromatic rings. The molecule has 0 amide bonds. The highest BCUT2D eigenvalue weighted by Gasteiger charge is 2.11. The Balaban J connectivity index is 2.79. The molecule has 0 radical (unpaired) electrons. The number of pyridine rings is 1. The van der Waals surface area contributed by atoms with Crippen LogP contribution in [0, 0.1) is 0 Å². The summed E-state index contributed by atoms with van der Waals surface area (Å²) in [5.74, 6) is -0.976. The Bertz CT molecular complexity index is 341. The molecule has 0 bridgehead atoms. The third-order valence-electron chi connectivity index (χ3n) is 2.02. The fourth-order valence-electron chi connectivity index (χ4n) is 1.26. The molecule has 1 rings (SSSR count). The largest absolute Gasteiger partial charge is 0.478 e. The number of hydrogen-bond acceptors (Lipinski definition) is 4. The van der Waals surface area contributed by atoms with Crippen LogP contribution in [0.5, 0.6) is 0 Å². The van der Waals surface area contributed by atoms with E-state index < -0.39 is 5.97 Å². The van der Waals surface area contributed by atoms with Crippen molar-refractivity contribution in [2.24, 2.45) is 0 Å². The zero-order valence-electron chi connectivity index (χ0n) is 8.55. The van der Waals surface area contributed by atoms with Gasteiger partial charge < -0.3 is 10.2 Å². The average Bonchev–Trinajstić information content (AvgIpc) is 2.18. The molecule has 0 aromatic carbocycles. The van der Waals surface area contributed by atoms with Crippen LogP contribution >= 0.6 is 0 Å². The third kappa shape index (κ3) is 3.30. The van der Waals surface area contributed by atoms with Gasteiger partial charge in [-0.15, -0.1) is 0 Å². The maximum atomic E-state index is 10.9. The average molecular weight is 210 g/mol. The first-order chi connectivity index (χ1) is 7.15. The summed E-state index contributed by atoms with van der Waals surface area (Å²) in [5, 5.41) is 17.6. The second-order valence-electron chi connectivity index (χ2n) is 3.26. The van der Waals surface area contributed by atoms with Crippen molar-refractivity contribution >= 4 is 5.97 Å². The molecule has 1 heterocycles. The number of carbonyl (C=O) groups is 1. The minimum absolute atomic E-state index is 0.0474. The van der Waals surface area contributed by atoms with Crippen LogP contribution < -0.4 is 0 Å². The van der Waals surface area contributed by atoms with Crippen molar-refractivity contribution in [2.75, 3.05) is 20.2 Å². The lowest BCUT2D eigenvalue weighted by atomic mass is 10.2. The van der Waals surface area contributed by atoms with E-state index in [1.54, 1.807) is 19.3 Å². The summed E-state index contributed by atoms with van der Waals surface area (Å²) < 4.78 is 0. The second-order valence-corrected chi connectivity index (χ2v) is 3.26. The van der Waals surface area contributed by atoms with Gasteiger partial charge in [-0.3, -0.25) is 9.88 Å². The van der Waals surface area contributed by atoms with Gasteiger partial charge in [-0.1, -0.05) is 0 Å². The Morgan fingerprint density at radius 1 is 1.60 bits per heavy atom. The van der Waals surface area contributed by atoms with Crippen molar-refractivity contribution in [3.05, 3.63) is 29.6 Å². The number of nitrogens with zero attached hydrogens (tertiary/aromatic N) is 2. The Morgan fingerprint density at radius 2 is 2.33 bits per heavy atom. The van der Waals surface area contributed by atoms with Crippen molar-refractivity contribution in [2.45, 2.75) is 6.54 Å². The topological polar surface area (TPSA) is 73.7 Å². The summed E-state index contributed by atoms with van der Waals surface area (Å²) in [5.41, 5.74) is 0.725. The van der Waals surface area contributed by atoms with E-state index in [2.05, 4.69) is 4.98 Å². The quantitative estimate of drug-likeness (QED) is 0.726. The summed E-state index contributed by atoms with van der Waals surface area (Å²) in [6.45, 7) is 0.963. The van der Waals surface area contributed by atoms with Gasteiger partial charge >= 0.3 is 5.97 Å². The van der Waals surface area contributed by atoms with E-state index in [0.717, 1.165) is 0 Å². The molecule has 1 aromatic heterocycles. The van der Waals surface area contributed by atoms with E-state index in [0.29, 0.717) is 18.8 Å². The van der Waals surface area contributed by atoms with Gasteiger partial charge in [0.25, 0.3) is 0 Å². The van der Waals surface area contributed by atoms with Crippen LogP contribution in [0.2, 0.25) is 0 Å². The highest BCUT2D eigenvalue weighted by atomic mass is 16.4. The van der Waals surface area contributed by atoms with Crippen LogP contribution in [0.1, 0.15) is 16.1 Å². The number of hydrogen-bond donors (Lipinski definition) is 2. The molecular formula is C10H14N2O3. The highest BCUT2D eigenvalue weighted by molar-refractivity contribution is 5.88. The molecule has 5 nitrogen and oxygen atoms in total. The minimum atomic E-state index is -0.976. The standard InChI is InChI=1S/C10H14N2O3/c1-12(5-6-13)7-9-8(10(14)15)3-2-4-11-9/h2-4,13H,5-7H2,1H3,(H,14,15). The van der Waals surface area contributed by atoms with Gasteiger partial charge in [0.05, 0.1) is 17.9 Å². The van der Waals surface area contributed by atoms with Gasteiger partial charge in [0.15, 0.2) is 0 Å². The van der Waals surface area contributed by atoms with E-state index in [-0.39, 0.29) is 12.2 Å². The summed E-state index contributed by atoms with van der Waals surface area (Å²) in [6.07, 6.45) is 1.56. The second kappa shape index (κ2) is 5.43. The smallest absolute Gasteiger partial charge is 0.337 e. The van der Waals surface area contributed by atoms with Gasteiger partial charge in [0, 0.05) is 19.3 Å². The summed E-state index contributed by atoms with van der Waals surface area (Å²) in [6, 6.07) is 3.12. The number of aliphatic hydroxyl groups excluding tert-OH is 1. The number of likely N-dealkylation sites (N-methyl/N-ethyl adjacent to an activating group) is 1. The van der Waals surface area contributed by atoms with E-state index in [1.165, 1.54) is 6.07 Å². The lowest BCUT2D eigenvalue weighted by Gasteiger charge is -2.15. The Hall–Kier alpha value is -1.46. The summed E-state index contributed by atoms with van der Waals surface area (Å²) in [7, 11) is 1.80. The normalized spacial score (nSPS) is 10.6. The van der Waals surface area contributed by atoms with Gasteiger partial charge in [-0.2, -0.15) is 0 Å². The monoisotopic (exact) mass is 210 g/mol. The zero-order chi connectivity index (χ0) is 11.3. The molecule has 0 spiro atoms. The number of aromatic carboxylic acids is 1. The minimum Gasteiger partial charge on any atom is -0.478 e. The molecule has 0 aliphatic heterocycles. The Labute approximate surface area is 88.0 Å². The van der Waals surface area contributed by atoms with Crippen molar-refractivity contribution in [1.29, 1.82) is 0 Å². The van der Waals surface area contributed by atoms with Gasteiger partial charge in [-0.25, -0.2) is 4.79 Å². The fraction of sp³-hybridized carbons (Fsp3) is 0.400. The van der Waals surface area contributed by atoms with Gasteiger partial charge in [-0.05, 0) is 19.2 Å². The molecule has 2 N–H and O–H groups in total. The van der Waals surface area contributed by atoms with Crippen LogP contribution in [-0.2, 0) is 6.54 Å². The first kappa shape index (κ1) is 11.6. The van der Waals surface area contributed by atoms with Gasteiger partial charge in [0.2, 0.25) is 0 Å². The zero-order valence-corrected chi connectivity index (χ0v) is 8.55. The molecule has 82 valence electrons. The maximum absolute atomic E-state index is 10.9. The molecule has 0 unspecified atom stereocenters. The van der Waals surface area contributed by atoms with Crippen LogP contribution in [0.3, 0.4) is 0 Å². The first-order valence-corrected chi connectivity index (χ1v) is 4.61. The Morgan fingerprint density at radius 3 is 2.93 bits per heavy atom. The number of rotatable bonds is 5. The van der Waals surface area contributed by atoms with E-state index >= 15 is 0 Å². The van der Waals surface area contributed by atoms with E-state index in [1.807, 2.05) is 4.90 Å². The van der Waals surface area contributed by atoms with Gasteiger partial charge in [0.1, 0.15) is 0 Å². The van der Waals surface area contributed by atoms with E-state index in [9.17, 15) is 4.79 Å². The molecule has 0 aliphatic carbocycles. The number of aliphatic hydroxyl groups is 1. The SMILES string of the molecule is CN(CCO)Cc1ncccc1C(=O)O. The van der Waals surface area contributed by atoms with E-state index in [4.69, 9.17) is 10.2 Å². The molecule has 15 heavy (non-hydrogen) atoms. The summed E-state index contributed by atoms with van der Waals surface area (Å²) in [4.78, 5) is 16.7. The molecule has 0 saturated heterocycles. The highest BCUT2D eigenvalue weighted by Crippen LogP contribution is 2.07. The lowest BCUT2D eigenvalue weighted by Crippen LogP contribution is -2.23. The lowest BCUT2D eigenvalue weighted by molar-refractivity contribution is 0.0694. The number of aromatic nitrogens is 1. The number of carboxylic acids is 1. The molecular weight excluding hydrogens is 196 g/mol. The molecule has 0 fully saturated rings. The molecule has 5 heteroatoms. The molecule has 0 atom stereocenters. The Kier molecular flexibility index (Phi) is 4.20. The van der Waals surface area contributed by atoms with Crippen molar-refractivity contribution in [3.8, 4) is 0 Å². The maximum Gasteiger partial charge on any atom is 0.337 e. The fourth-order valence-corrected chi connectivity index (χ4v) is 1.26. The predicted molar refractivity (Wildman–Crippen MR) is 54.6 cm³/mol. The van der Waals surface area contributed by atoms with Crippen LogP contribution in [0.4, 0.5) is 0 Å². The van der Waals surface area contributed by atoms with Crippen LogP contribution in [-0.4, -0.2) is 46.3 Å². The summed E-state index contributed by atoms with van der Waals surface area (Å²) >= 11 is 0. The van der Waals surface area contributed by atoms with Crippen molar-refractivity contribution < 1.29 is 15.0 Å². The first-order valence-electron chi connectivity index (χ1n) is 4.61. The van der Waals surface area contributed by atoms with Crippen LogP contribution in [0.25, 0.3) is 0 Å². The van der Waals surface area contributed by atoms with Crippen LogP contribution in [0.15, 0.2) is 18.3 Å². The van der Waals surface area contributed by atoms with Crippen molar-refractivity contribution in [3.63, 3.8) is 0 Å². The predicted octanol–water partition coefficient (Wildman–Crippen LogP) is 0.204. The third-order valence-corrected chi connectivity index (χ3v) is 2.02.